The second-order valence-electron chi connectivity index (χ2n) is 6.38. The minimum absolute atomic E-state index is 0.120. The predicted octanol–water partition coefficient (Wildman–Crippen LogP) is 0.0793. The molecular formula is C16H21N3O4S. The lowest BCUT2D eigenvalue weighted by molar-refractivity contribution is -0.164. The summed E-state index contributed by atoms with van der Waals surface area (Å²) in [5.41, 5.74) is 6.83. The molecule has 130 valence electrons. The fraction of sp³-hybridized carbons (Fsp3) is 0.562. The van der Waals surface area contributed by atoms with Gasteiger partial charge in [0.2, 0.25) is 11.8 Å². The lowest BCUT2D eigenvalue weighted by atomic mass is 9.94. The Labute approximate surface area is 144 Å². The smallest absolute Gasteiger partial charge is 0.326 e. The van der Waals surface area contributed by atoms with Crippen molar-refractivity contribution in [3.05, 3.63) is 23.8 Å². The van der Waals surface area contributed by atoms with Crippen molar-refractivity contribution in [3.8, 4) is 0 Å². The number of hydrogen-bond acceptors (Lipinski definition) is 5. The first-order valence-corrected chi connectivity index (χ1v) is 9.03. The van der Waals surface area contributed by atoms with Gasteiger partial charge in [0.05, 0.1) is 0 Å². The zero-order valence-corrected chi connectivity index (χ0v) is 14.2. The van der Waals surface area contributed by atoms with E-state index < -0.39 is 24.1 Å². The maximum atomic E-state index is 12.4. The zero-order valence-electron chi connectivity index (χ0n) is 13.3. The SMILES string of the molecule is CC1CS[C@@H]2[C@H](NC(=O)[C@H](N)C3=CCC=CC3)C(=O)N2C1C(=O)O. The van der Waals surface area contributed by atoms with Crippen molar-refractivity contribution in [3.63, 3.8) is 0 Å². The van der Waals surface area contributed by atoms with Gasteiger partial charge in [0.25, 0.3) is 0 Å². The number of nitrogens with one attached hydrogen (secondary N) is 1. The highest BCUT2D eigenvalue weighted by atomic mass is 32.2. The summed E-state index contributed by atoms with van der Waals surface area (Å²) in [7, 11) is 0. The van der Waals surface area contributed by atoms with Gasteiger partial charge in [0.15, 0.2) is 0 Å². The molecule has 2 fully saturated rings. The average molecular weight is 351 g/mol. The molecule has 2 aliphatic heterocycles. The Hall–Kier alpha value is -1.80. The summed E-state index contributed by atoms with van der Waals surface area (Å²) in [6.45, 7) is 1.82. The molecule has 1 aliphatic carbocycles. The molecule has 2 saturated heterocycles. The minimum Gasteiger partial charge on any atom is -0.480 e. The highest BCUT2D eigenvalue weighted by Crippen LogP contribution is 2.40. The number of fused-ring (bicyclic) bond motifs is 1. The fourth-order valence-corrected chi connectivity index (χ4v) is 4.81. The largest absolute Gasteiger partial charge is 0.480 e. The number of allylic oxidation sites excluding steroid dienone is 3. The van der Waals surface area contributed by atoms with E-state index in [1.54, 1.807) is 0 Å². The van der Waals surface area contributed by atoms with Gasteiger partial charge in [0, 0.05) is 5.75 Å². The highest BCUT2D eigenvalue weighted by Gasteiger charge is 2.57. The first-order chi connectivity index (χ1) is 11.4. The van der Waals surface area contributed by atoms with Gasteiger partial charge in [0.1, 0.15) is 23.5 Å². The van der Waals surface area contributed by atoms with Crippen molar-refractivity contribution in [1.29, 1.82) is 0 Å². The number of hydrogen-bond donors (Lipinski definition) is 3. The van der Waals surface area contributed by atoms with E-state index in [1.165, 1.54) is 16.7 Å². The molecule has 3 aliphatic rings. The number of nitrogens with zero attached hydrogens (tertiary/aromatic N) is 1. The third-order valence-electron chi connectivity index (χ3n) is 4.72. The van der Waals surface area contributed by atoms with Crippen LogP contribution in [0.5, 0.6) is 0 Å². The number of aliphatic carboxylic acids is 1. The zero-order chi connectivity index (χ0) is 17.4. The van der Waals surface area contributed by atoms with Gasteiger partial charge in [-0.1, -0.05) is 25.2 Å². The van der Waals surface area contributed by atoms with E-state index in [0.717, 1.165) is 12.0 Å². The van der Waals surface area contributed by atoms with Crippen LogP contribution in [0.15, 0.2) is 23.8 Å². The number of carbonyl (C=O) groups excluding carboxylic acids is 2. The second kappa shape index (κ2) is 6.60. The van der Waals surface area contributed by atoms with Crippen LogP contribution in [0, 0.1) is 5.92 Å². The monoisotopic (exact) mass is 351 g/mol. The lowest BCUT2D eigenvalue weighted by Crippen LogP contribution is -2.76. The van der Waals surface area contributed by atoms with Crippen molar-refractivity contribution in [2.45, 2.75) is 43.3 Å². The molecule has 0 radical (unpaired) electrons. The Bertz CT molecular complexity index is 633. The van der Waals surface area contributed by atoms with E-state index in [0.29, 0.717) is 12.2 Å². The van der Waals surface area contributed by atoms with Crippen molar-refractivity contribution in [2.75, 3.05) is 5.75 Å². The Morgan fingerprint density at radius 3 is 2.83 bits per heavy atom. The summed E-state index contributed by atoms with van der Waals surface area (Å²) in [6.07, 6.45) is 7.29. The van der Waals surface area contributed by atoms with Gasteiger partial charge in [-0.25, -0.2) is 4.79 Å². The molecule has 4 N–H and O–H groups in total. The molecular weight excluding hydrogens is 330 g/mol. The summed E-state index contributed by atoms with van der Waals surface area (Å²) >= 11 is 1.50. The van der Waals surface area contributed by atoms with Crippen LogP contribution in [0.25, 0.3) is 0 Å². The molecule has 2 heterocycles. The molecule has 3 rings (SSSR count). The fourth-order valence-electron chi connectivity index (χ4n) is 3.35. The first kappa shape index (κ1) is 17.0. The van der Waals surface area contributed by atoms with Crippen LogP contribution >= 0.6 is 11.8 Å². The molecule has 24 heavy (non-hydrogen) atoms. The molecule has 2 unspecified atom stereocenters. The second-order valence-corrected chi connectivity index (χ2v) is 7.53. The van der Waals surface area contributed by atoms with Crippen LogP contribution in [0.3, 0.4) is 0 Å². The summed E-state index contributed by atoms with van der Waals surface area (Å²) < 4.78 is 0. The third kappa shape index (κ3) is 2.84. The normalized spacial score (nSPS) is 33.2. The average Bonchev–Trinajstić information content (AvgIpc) is 2.59. The quantitative estimate of drug-likeness (QED) is 0.488. The molecule has 0 bridgehead atoms. The maximum absolute atomic E-state index is 12.4. The highest BCUT2D eigenvalue weighted by molar-refractivity contribution is 8.00. The molecule has 0 spiro atoms. The lowest BCUT2D eigenvalue weighted by Gasteiger charge is -2.53. The van der Waals surface area contributed by atoms with Crippen LogP contribution in [0.2, 0.25) is 0 Å². The molecule has 0 aromatic rings. The maximum Gasteiger partial charge on any atom is 0.326 e. The van der Waals surface area contributed by atoms with Gasteiger partial charge >= 0.3 is 5.97 Å². The number of β-lactam (4-membered cyclic amide) rings is 1. The predicted molar refractivity (Wildman–Crippen MR) is 90.0 cm³/mol. The van der Waals surface area contributed by atoms with Crippen molar-refractivity contribution < 1.29 is 19.5 Å². The number of rotatable bonds is 4. The van der Waals surface area contributed by atoms with E-state index in [-0.39, 0.29) is 23.1 Å². The van der Waals surface area contributed by atoms with Crippen molar-refractivity contribution in [2.24, 2.45) is 11.7 Å². The van der Waals surface area contributed by atoms with E-state index >= 15 is 0 Å². The van der Waals surface area contributed by atoms with Crippen molar-refractivity contribution in [1.82, 2.24) is 10.2 Å². The van der Waals surface area contributed by atoms with Gasteiger partial charge in [-0.15, -0.1) is 11.8 Å². The van der Waals surface area contributed by atoms with Crippen LogP contribution in [0.4, 0.5) is 0 Å². The Balaban J connectivity index is 1.65. The van der Waals surface area contributed by atoms with Gasteiger partial charge < -0.3 is 21.1 Å². The van der Waals surface area contributed by atoms with Gasteiger partial charge in [-0.3, -0.25) is 9.59 Å². The van der Waals surface area contributed by atoms with E-state index in [4.69, 9.17) is 5.73 Å². The molecule has 5 atom stereocenters. The third-order valence-corrected chi connectivity index (χ3v) is 6.28. The molecule has 0 saturated carbocycles. The number of thioether (sulfide) groups is 1. The summed E-state index contributed by atoms with van der Waals surface area (Å²) in [5.74, 6) is -1.21. The molecule has 8 heteroatoms. The van der Waals surface area contributed by atoms with E-state index in [1.807, 2.05) is 25.2 Å². The van der Waals surface area contributed by atoms with Gasteiger partial charge in [-0.05, 0) is 24.3 Å². The van der Waals surface area contributed by atoms with E-state index in [9.17, 15) is 19.5 Å². The van der Waals surface area contributed by atoms with Crippen LogP contribution < -0.4 is 11.1 Å². The summed E-state index contributed by atoms with van der Waals surface area (Å²) in [6, 6.07) is -2.29. The molecule has 2 amide bonds. The summed E-state index contributed by atoms with van der Waals surface area (Å²) in [4.78, 5) is 37.5. The summed E-state index contributed by atoms with van der Waals surface area (Å²) in [5, 5.41) is 11.7. The number of nitrogens with two attached hydrogens (primary N) is 1. The Morgan fingerprint density at radius 1 is 1.46 bits per heavy atom. The molecule has 7 nitrogen and oxygen atoms in total. The Kier molecular flexibility index (Phi) is 4.69. The molecule has 0 aromatic heterocycles. The standard InChI is InChI=1S/C16H21N3O4S/c1-8-7-24-15-11(14(21)19(15)12(8)16(22)23)18-13(20)10(17)9-5-3-2-4-6-9/h2-3,6,8,10-12,15H,4-5,7,17H2,1H3,(H,18,20)(H,22,23)/t8?,10-,11-,12?,15-/m1/s1. The van der Waals surface area contributed by atoms with Crippen LogP contribution in [0.1, 0.15) is 19.8 Å². The minimum atomic E-state index is -0.998. The number of carboxylic acid groups (broad SMARTS) is 1. The molecule has 0 aromatic carbocycles. The number of carbonyl (C=O) groups is 3. The van der Waals surface area contributed by atoms with Crippen molar-refractivity contribution >= 4 is 29.5 Å². The van der Waals surface area contributed by atoms with E-state index in [2.05, 4.69) is 5.32 Å². The Morgan fingerprint density at radius 2 is 2.21 bits per heavy atom. The van der Waals surface area contributed by atoms with Crippen LogP contribution in [-0.4, -0.2) is 57.0 Å². The number of amides is 2. The first-order valence-electron chi connectivity index (χ1n) is 7.98. The van der Waals surface area contributed by atoms with Crippen LogP contribution in [-0.2, 0) is 14.4 Å². The number of carboxylic acids is 1. The van der Waals surface area contributed by atoms with Gasteiger partial charge in [-0.2, -0.15) is 0 Å². The topological polar surface area (TPSA) is 113 Å².